The van der Waals surface area contributed by atoms with Gasteiger partial charge in [0.05, 0.1) is 0 Å². The second-order valence-corrected chi connectivity index (χ2v) is 5.30. The van der Waals surface area contributed by atoms with E-state index in [1.165, 1.54) is 24.0 Å². The summed E-state index contributed by atoms with van der Waals surface area (Å²) in [5, 5.41) is 3.39. The van der Waals surface area contributed by atoms with Crippen molar-refractivity contribution in [1.82, 2.24) is 5.32 Å². The van der Waals surface area contributed by atoms with Crippen LogP contribution in [0.25, 0.3) is 0 Å². The summed E-state index contributed by atoms with van der Waals surface area (Å²) in [6.45, 7) is 9.31. The van der Waals surface area contributed by atoms with E-state index in [-0.39, 0.29) is 5.41 Å². The minimum absolute atomic E-state index is 0.167. The maximum absolute atomic E-state index is 5.49. The lowest BCUT2D eigenvalue weighted by Crippen LogP contribution is -2.35. The number of nitrogens with one attached hydrogen (secondary N) is 1. The molecule has 2 heteroatoms. The van der Waals surface area contributed by atoms with Gasteiger partial charge in [-0.15, -0.1) is 0 Å². The van der Waals surface area contributed by atoms with E-state index < -0.39 is 0 Å². The van der Waals surface area contributed by atoms with Crippen molar-refractivity contribution in [2.45, 2.75) is 39.0 Å². The SMILES string of the molecule is CCCc1ccc(C(C)(C)CNCCN)cc1. The van der Waals surface area contributed by atoms with Crippen LogP contribution in [0.1, 0.15) is 38.3 Å². The summed E-state index contributed by atoms with van der Waals surface area (Å²) in [4.78, 5) is 0. The van der Waals surface area contributed by atoms with Crippen LogP contribution in [-0.4, -0.2) is 19.6 Å². The van der Waals surface area contributed by atoms with Crippen LogP contribution >= 0.6 is 0 Å². The van der Waals surface area contributed by atoms with Gasteiger partial charge in [-0.3, -0.25) is 0 Å². The number of hydrogen-bond acceptors (Lipinski definition) is 2. The Morgan fingerprint density at radius 2 is 1.82 bits per heavy atom. The van der Waals surface area contributed by atoms with E-state index in [0.717, 1.165) is 13.1 Å². The molecular weight excluding hydrogens is 208 g/mol. The van der Waals surface area contributed by atoms with Crippen LogP contribution in [-0.2, 0) is 11.8 Å². The van der Waals surface area contributed by atoms with E-state index in [0.29, 0.717) is 6.54 Å². The molecule has 1 aromatic carbocycles. The van der Waals surface area contributed by atoms with Gasteiger partial charge in [-0.25, -0.2) is 0 Å². The summed E-state index contributed by atoms with van der Waals surface area (Å²) in [6.07, 6.45) is 2.38. The van der Waals surface area contributed by atoms with Crippen LogP contribution in [0.5, 0.6) is 0 Å². The van der Waals surface area contributed by atoms with Crippen LogP contribution in [0.3, 0.4) is 0 Å². The molecule has 0 fully saturated rings. The van der Waals surface area contributed by atoms with Crippen molar-refractivity contribution in [2.24, 2.45) is 5.73 Å². The third kappa shape index (κ3) is 4.49. The Balaban J connectivity index is 2.63. The zero-order valence-electron chi connectivity index (χ0n) is 11.4. The first-order valence-electron chi connectivity index (χ1n) is 6.60. The van der Waals surface area contributed by atoms with E-state index in [1.807, 2.05) is 0 Å². The van der Waals surface area contributed by atoms with E-state index >= 15 is 0 Å². The molecule has 3 N–H and O–H groups in total. The number of hydrogen-bond donors (Lipinski definition) is 2. The molecule has 0 unspecified atom stereocenters. The molecule has 0 heterocycles. The van der Waals surface area contributed by atoms with Gasteiger partial charge in [-0.05, 0) is 17.5 Å². The molecule has 0 aromatic heterocycles. The fourth-order valence-electron chi connectivity index (χ4n) is 2.02. The maximum Gasteiger partial charge on any atom is 0.00748 e. The summed E-state index contributed by atoms with van der Waals surface area (Å²) >= 11 is 0. The molecule has 0 aliphatic carbocycles. The maximum atomic E-state index is 5.49. The lowest BCUT2D eigenvalue weighted by Gasteiger charge is -2.26. The van der Waals surface area contributed by atoms with Crippen molar-refractivity contribution in [1.29, 1.82) is 0 Å². The second-order valence-electron chi connectivity index (χ2n) is 5.30. The molecule has 0 radical (unpaired) electrons. The molecule has 0 aliphatic rings. The Hall–Kier alpha value is -0.860. The largest absolute Gasteiger partial charge is 0.329 e. The molecule has 0 spiro atoms. The standard InChI is InChI=1S/C15H26N2/c1-4-5-13-6-8-14(9-7-13)15(2,3)12-17-11-10-16/h6-9,17H,4-5,10-12,16H2,1-3H3. The van der Waals surface area contributed by atoms with Crippen molar-refractivity contribution >= 4 is 0 Å². The van der Waals surface area contributed by atoms with Gasteiger partial charge < -0.3 is 11.1 Å². The van der Waals surface area contributed by atoms with Gasteiger partial charge in [0.1, 0.15) is 0 Å². The van der Waals surface area contributed by atoms with Gasteiger partial charge in [0.25, 0.3) is 0 Å². The Morgan fingerprint density at radius 1 is 1.18 bits per heavy atom. The number of nitrogens with two attached hydrogens (primary N) is 1. The number of rotatable bonds is 7. The molecule has 1 rings (SSSR count). The van der Waals surface area contributed by atoms with Crippen molar-refractivity contribution in [3.63, 3.8) is 0 Å². The highest BCUT2D eigenvalue weighted by atomic mass is 14.9. The molecule has 0 aliphatic heterocycles. The minimum Gasteiger partial charge on any atom is -0.329 e. The van der Waals surface area contributed by atoms with Crippen molar-refractivity contribution in [3.05, 3.63) is 35.4 Å². The molecule has 0 atom stereocenters. The van der Waals surface area contributed by atoms with Crippen molar-refractivity contribution in [2.75, 3.05) is 19.6 Å². The van der Waals surface area contributed by atoms with E-state index in [1.54, 1.807) is 0 Å². The van der Waals surface area contributed by atoms with Crippen LogP contribution in [0.15, 0.2) is 24.3 Å². The minimum atomic E-state index is 0.167. The Bertz CT molecular complexity index is 314. The van der Waals surface area contributed by atoms with Gasteiger partial charge >= 0.3 is 0 Å². The van der Waals surface area contributed by atoms with E-state index in [2.05, 4.69) is 50.4 Å². The molecular formula is C15H26N2. The topological polar surface area (TPSA) is 38.0 Å². The average Bonchev–Trinajstić information content (AvgIpc) is 2.30. The summed E-state index contributed by atoms with van der Waals surface area (Å²) in [7, 11) is 0. The van der Waals surface area contributed by atoms with Crippen molar-refractivity contribution in [3.8, 4) is 0 Å². The number of benzene rings is 1. The highest BCUT2D eigenvalue weighted by Gasteiger charge is 2.19. The van der Waals surface area contributed by atoms with Gasteiger partial charge in [-0.1, -0.05) is 51.5 Å². The van der Waals surface area contributed by atoms with Gasteiger partial charge in [0, 0.05) is 25.0 Å². The van der Waals surface area contributed by atoms with Gasteiger partial charge in [0.15, 0.2) is 0 Å². The van der Waals surface area contributed by atoms with Crippen LogP contribution in [0, 0.1) is 0 Å². The zero-order valence-corrected chi connectivity index (χ0v) is 11.4. The first kappa shape index (κ1) is 14.2. The molecule has 0 bridgehead atoms. The second kappa shape index (κ2) is 6.77. The summed E-state index contributed by atoms with van der Waals surface area (Å²) in [5.41, 5.74) is 8.48. The fraction of sp³-hybridized carbons (Fsp3) is 0.600. The predicted molar refractivity (Wildman–Crippen MR) is 75.4 cm³/mol. The first-order valence-corrected chi connectivity index (χ1v) is 6.60. The van der Waals surface area contributed by atoms with E-state index in [4.69, 9.17) is 5.73 Å². The van der Waals surface area contributed by atoms with Crippen molar-refractivity contribution < 1.29 is 0 Å². The summed E-state index contributed by atoms with van der Waals surface area (Å²) in [6, 6.07) is 9.03. The first-order chi connectivity index (χ1) is 8.10. The smallest absolute Gasteiger partial charge is 0.00748 e. The van der Waals surface area contributed by atoms with Crippen LogP contribution in [0.2, 0.25) is 0 Å². The lowest BCUT2D eigenvalue weighted by molar-refractivity contribution is 0.473. The lowest BCUT2D eigenvalue weighted by atomic mass is 9.84. The molecule has 96 valence electrons. The third-order valence-electron chi connectivity index (χ3n) is 3.16. The molecule has 0 saturated heterocycles. The van der Waals surface area contributed by atoms with E-state index in [9.17, 15) is 0 Å². The molecule has 17 heavy (non-hydrogen) atoms. The monoisotopic (exact) mass is 234 g/mol. The number of aryl methyl sites for hydroxylation is 1. The average molecular weight is 234 g/mol. The highest BCUT2D eigenvalue weighted by molar-refractivity contribution is 5.28. The molecule has 1 aromatic rings. The predicted octanol–water partition coefficient (Wildman–Crippen LogP) is 2.46. The normalized spacial score (nSPS) is 11.8. The molecule has 2 nitrogen and oxygen atoms in total. The van der Waals surface area contributed by atoms with Crippen LogP contribution < -0.4 is 11.1 Å². The summed E-state index contributed by atoms with van der Waals surface area (Å²) < 4.78 is 0. The Kier molecular flexibility index (Phi) is 5.66. The van der Waals surface area contributed by atoms with Gasteiger partial charge in [0.2, 0.25) is 0 Å². The molecule has 0 saturated carbocycles. The van der Waals surface area contributed by atoms with Crippen LogP contribution in [0.4, 0.5) is 0 Å². The summed E-state index contributed by atoms with van der Waals surface area (Å²) in [5.74, 6) is 0. The zero-order chi connectivity index (χ0) is 12.7. The third-order valence-corrected chi connectivity index (χ3v) is 3.16. The molecule has 0 amide bonds. The fourth-order valence-corrected chi connectivity index (χ4v) is 2.02. The Morgan fingerprint density at radius 3 is 2.35 bits per heavy atom. The van der Waals surface area contributed by atoms with Gasteiger partial charge in [-0.2, -0.15) is 0 Å². The Labute approximate surface area is 106 Å². The highest BCUT2D eigenvalue weighted by Crippen LogP contribution is 2.22. The quantitative estimate of drug-likeness (QED) is 0.711.